The van der Waals surface area contributed by atoms with Crippen LogP contribution >= 0.6 is 0 Å². The van der Waals surface area contributed by atoms with E-state index in [9.17, 15) is 4.79 Å². The highest BCUT2D eigenvalue weighted by Crippen LogP contribution is 2.22. The summed E-state index contributed by atoms with van der Waals surface area (Å²) in [6, 6.07) is 8.35. The van der Waals surface area contributed by atoms with Crippen LogP contribution in [-0.2, 0) is 16.6 Å². The Bertz CT molecular complexity index is 383. The van der Waals surface area contributed by atoms with E-state index in [1.165, 1.54) is 5.56 Å². The highest BCUT2D eigenvalue weighted by atomic mass is 16.1. The van der Waals surface area contributed by atoms with Crippen molar-refractivity contribution in [2.75, 3.05) is 6.54 Å². The number of rotatable bonds is 5. The Kier molecular flexibility index (Phi) is 5.09. The van der Waals surface area contributed by atoms with Gasteiger partial charge in [0.15, 0.2) is 0 Å². The predicted octanol–water partition coefficient (Wildman–Crippen LogP) is 3.08. The van der Waals surface area contributed by atoms with Crippen molar-refractivity contribution in [2.24, 2.45) is 11.7 Å². The normalized spacial score (nSPS) is 13.4. The molecule has 0 aliphatic rings. The van der Waals surface area contributed by atoms with Gasteiger partial charge >= 0.3 is 0 Å². The highest BCUT2D eigenvalue weighted by Gasteiger charge is 2.16. The average molecular weight is 247 g/mol. The average Bonchev–Trinajstić information content (AvgIpc) is 2.30. The molecule has 0 bridgehead atoms. The van der Waals surface area contributed by atoms with Crippen molar-refractivity contribution in [1.82, 2.24) is 0 Å². The highest BCUT2D eigenvalue weighted by molar-refractivity contribution is 5.83. The van der Waals surface area contributed by atoms with E-state index in [-0.39, 0.29) is 17.1 Å². The molecular weight excluding hydrogens is 222 g/mol. The van der Waals surface area contributed by atoms with E-state index in [1.807, 2.05) is 6.92 Å². The summed E-state index contributed by atoms with van der Waals surface area (Å²) >= 11 is 0. The van der Waals surface area contributed by atoms with Crippen LogP contribution < -0.4 is 5.73 Å². The summed E-state index contributed by atoms with van der Waals surface area (Å²) in [5.41, 5.74) is 8.14. The van der Waals surface area contributed by atoms with E-state index >= 15 is 0 Å². The van der Waals surface area contributed by atoms with Gasteiger partial charge in [-0.2, -0.15) is 0 Å². The van der Waals surface area contributed by atoms with Crippen molar-refractivity contribution >= 4 is 5.78 Å². The Morgan fingerprint density at radius 3 is 2.17 bits per heavy atom. The standard InChI is InChI=1S/C16H25NO/c1-5-13(11-17)15(18)10-12-6-8-14(9-7-12)16(2,3)4/h6-9,13H,5,10-11,17H2,1-4H3. The molecule has 18 heavy (non-hydrogen) atoms. The van der Waals surface area contributed by atoms with E-state index in [1.54, 1.807) is 0 Å². The zero-order chi connectivity index (χ0) is 13.8. The van der Waals surface area contributed by atoms with Crippen molar-refractivity contribution in [3.8, 4) is 0 Å². The largest absolute Gasteiger partial charge is 0.330 e. The number of ketones is 1. The molecular formula is C16H25NO. The van der Waals surface area contributed by atoms with Crippen molar-refractivity contribution in [3.63, 3.8) is 0 Å². The number of nitrogens with two attached hydrogens (primary N) is 1. The van der Waals surface area contributed by atoms with Crippen LogP contribution in [0.2, 0.25) is 0 Å². The Labute approximate surface area is 111 Å². The molecule has 1 unspecified atom stereocenters. The number of carbonyl (C=O) groups is 1. The second kappa shape index (κ2) is 6.14. The molecule has 0 aliphatic carbocycles. The van der Waals surface area contributed by atoms with Crippen LogP contribution in [0.3, 0.4) is 0 Å². The summed E-state index contributed by atoms with van der Waals surface area (Å²) in [5.74, 6) is 0.260. The number of hydrogen-bond donors (Lipinski definition) is 1. The molecule has 2 heteroatoms. The molecule has 0 saturated carbocycles. The van der Waals surface area contributed by atoms with Crippen LogP contribution in [0, 0.1) is 5.92 Å². The van der Waals surface area contributed by atoms with Gasteiger partial charge in [-0.1, -0.05) is 52.0 Å². The van der Waals surface area contributed by atoms with Crippen molar-refractivity contribution in [2.45, 2.75) is 46.0 Å². The number of carbonyl (C=O) groups excluding carboxylic acids is 1. The second-order valence-electron chi connectivity index (χ2n) is 5.93. The lowest BCUT2D eigenvalue weighted by atomic mass is 9.86. The maximum Gasteiger partial charge on any atom is 0.141 e. The molecule has 1 rings (SSSR count). The quantitative estimate of drug-likeness (QED) is 0.869. The maximum atomic E-state index is 12.0. The first-order valence-corrected chi connectivity index (χ1v) is 6.70. The van der Waals surface area contributed by atoms with Crippen molar-refractivity contribution < 1.29 is 4.79 Å². The topological polar surface area (TPSA) is 43.1 Å². The van der Waals surface area contributed by atoms with Gasteiger partial charge in [-0.15, -0.1) is 0 Å². The minimum atomic E-state index is 0.00675. The molecule has 0 spiro atoms. The molecule has 0 heterocycles. The zero-order valence-electron chi connectivity index (χ0n) is 12.0. The smallest absolute Gasteiger partial charge is 0.141 e. The predicted molar refractivity (Wildman–Crippen MR) is 76.7 cm³/mol. The number of hydrogen-bond acceptors (Lipinski definition) is 2. The Hall–Kier alpha value is -1.15. The molecule has 0 radical (unpaired) electrons. The Morgan fingerprint density at radius 2 is 1.78 bits per heavy atom. The van der Waals surface area contributed by atoms with Gasteiger partial charge < -0.3 is 5.73 Å². The summed E-state index contributed by atoms with van der Waals surface area (Å²) in [6.45, 7) is 9.03. The van der Waals surface area contributed by atoms with Crippen LogP contribution in [0.5, 0.6) is 0 Å². The van der Waals surface area contributed by atoms with Gasteiger partial charge in [0, 0.05) is 18.9 Å². The molecule has 1 aromatic carbocycles. The molecule has 100 valence electrons. The first-order valence-electron chi connectivity index (χ1n) is 6.70. The monoisotopic (exact) mass is 247 g/mol. The molecule has 0 saturated heterocycles. The van der Waals surface area contributed by atoms with Gasteiger partial charge in [0.1, 0.15) is 5.78 Å². The van der Waals surface area contributed by atoms with Crippen molar-refractivity contribution in [3.05, 3.63) is 35.4 Å². The van der Waals surface area contributed by atoms with Crippen LogP contribution in [0.4, 0.5) is 0 Å². The molecule has 0 amide bonds. The van der Waals surface area contributed by atoms with Crippen molar-refractivity contribution in [1.29, 1.82) is 0 Å². The molecule has 0 aromatic heterocycles. The maximum absolute atomic E-state index is 12.0. The fourth-order valence-corrected chi connectivity index (χ4v) is 1.99. The summed E-state index contributed by atoms with van der Waals surface area (Å²) in [4.78, 5) is 12.0. The van der Waals surface area contributed by atoms with Gasteiger partial charge in [0.2, 0.25) is 0 Å². The third kappa shape index (κ3) is 3.95. The Morgan fingerprint density at radius 1 is 1.22 bits per heavy atom. The van der Waals surface area contributed by atoms with Crippen LogP contribution in [0.1, 0.15) is 45.2 Å². The SMILES string of the molecule is CCC(CN)C(=O)Cc1ccc(C(C)(C)C)cc1. The van der Waals surface area contributed by atoms with E-state index in [0.29, 0.717) is 13.0 Å². The molecule has 0 fully saturated rings. The molecule has 2 N–H and O–H groups in total. The van der Waals surface area contributed by atoms with Gasteiger partial charge in [-0.3, -0.25) is 4.79 Å². The molecule has 0 aliphatic heterocycles. The first kappa shape index (κ1) is 14.9. The number of benzene rings is 1. The first-order chi connectivity index (χ1) is 8.38. The lowest BCUT2D eigenvalue weighted by Gasteiger charge is -2.19. The van der Waals surface area contributed by atoms with Gasteiger partial charge in [-0.25, -0.2) is 0 Å². The van der Waals surface area contributed by atoms with Gasteiger partial charge in [0.25, 0.3) is 0 Å². The van der Waals surface area contributed by atoms with E-state index in [0.717, 1.165) is 12.0 Å². The van der Waals surface area contributed by atoms with Crippen LogP contribution in [0.25, 0.3) is 0 Å². The van der Waals surface area contributed by atoms with Crippen LogP contribution in [-0.4, -0.2) is 12.3 Å². The fourth-order valence-electron chi connectivity index (χ4n) is 1.99. The third-order valence-corrected chi connectivity index (χ3v) is 3.43. The lowest BCUT2D eigenvalue weighted by molar-refractivity contribution is -0.122. The molecule has 2 nitrogen and oxygen atoms in total. The summed E-state index contributed by atoms with van der Waals surface area (Å²) in [7, 11) is 0. The van der Waals surface area contributed by atoms with Gasteiger partial charge in [0.05, 0.1) is 0 Å². The summed E-state index contributed by atoms with van der Waals surface area (Å²) in [6.07, 6.45) is 1.33. The molecule has 1 atom stereocenters. The second-order valence-corrected chi connectivity index (χ2v) is 5.93. The molecule has 1 aromatic rings. The number of Topliss-reactive ketones (excluding diaryl/α,β-unsaturated/α-hetero) is 1. The fraction of sp³-hybridized carbons (Fsp3) is 0.562. The van der Waals surface area contributed by atoms with E-state index in [2.05, 4.69) is 45.0 Å². The minimum absolute atomic E-state index is 0.00675. The lowest BCUT2D eigenvalue weighted by Crippen LogP contribution is -2.24. The van der Waals surface area contributed by atoms with Crippen LogP contribution in [0.15, 0.2) is 24.3 Å². The summed E-state index contributed by atoms with van der Waals surface area (Å²) < 4.78 is 0. The van der Waals surface area contributed by atoms with E-state index < -0.39 is 0 Å². The zero-order valence-corrected chi connectivity index (χ0v) is 12.0. The van der Waals surface area contributed by atoms with Gasteiger partial charge in [-0.05, 0) is 23.0 Å². The van der Waals surface area contributed by atoms with E-state index in [4.69, 9.17) is 5.73 Å². The summed E-state index contributed by atoms with van der Waals surface area (Å²) in [5, 5.41) is 0. The Balaban J connectivity index is 2.72. The third-order valence-electron chi connectivity index (χ3n) is 3.43. The minimum Gasteiger partial charge on any atom is -0.330 e.